The highest BCUT2D eigenvalue weighted by Crippen LogP contribution is 2.12. The number of Topliss-reactive ketones (excluding diaryl/α,β-unsaturated/α-hetero) is 1. The van der Waals surface area contributed by atoms with E-state index in [0.717, 1.165) is 4.47 Å². The molecule has 4 nitrogen and oxygen atoms in total. The molecule has 0 aliphatic heterocycles. The fourth-order valence-electron chi connectivity index (χ4n) is 1.54. The molecule has 0 aliphatic carbocycles. The summed E-state index contributed by atoms with van der Waals surface area (Å²) in [5.41, 5.74) is 0.994. The molecule has 92 valence electrons. The molecular formula is C13H11BrN2O2. The van der Waals surface area contributed by atoms with E-state index in [4.69, 9.17) is 0 Å². The molecule has 0 N–H and O–H groups in total. The SMILES string of the molecule is Cc1cc(=O)n(CC(=O)c2cccc(Br)c2)cn1. The molecule has 18 heavy (non-hydrogen) atoms. The first-order chi connectivity index (χ1) is 8.56. The summed E-state index contributed by atoms with van der Waals surface area (Å²) in [7, 11) is 0. The first-order valence-electron chi connectivity index (χ1n) is 5.38. The van der Waals surface area contributed by atoms with Crippen molar-refractivity contribution in [3.63, 3.8) is 0 Å². The Morgan fingerprint density at radius 1 is 1.39 bits per heavy atom. The van der Waals surface area contributed by atoms with Gasteiger partial charge in [0, 0.05) is 21.8 Å². The van der Waals surface area contributed by atoms with Crippen LogP contribution in [-0.2, 0) is 6.54 Å². The molecule has 0 amide bonds. The predicted octanol–water partition coefficient (Wildman–Crippen LogP) is 2.20. The molecule has 0 saturated carbocycles. The molecule has 0 unspecified atom stereocenters. The average molecular weight is 307 g/mol. The van der Waals surface area contributed by atoms with Crippen molar-refractivity contribution in [2.45, 2.75) is 13.5 Å². The molecule has 0 radical (unpaired) electrons. The van der Waals surface area contributed by atoms with Gasteiger partial charge in [0.05, 0.1) is 12.9 Å². The number of nitrogens with zero attached hydrogens (tertiary/aromatic N) is 2. The minimum atomic E-state index is -0.217. The topological polar surface area (TPSA) is 52.0 Å². The number of rotatable bonds is 3. The van der Waals surface area contributed by atoms with Crippen molar-refractivity contribution in [1.29, 1.82) is 0 Å². The Balaban J connectivity index is 2.24. The monoisotopic (exact) mass is 306 g/mol. The Kier molecular flexibility index (Phi) is 3.72. The lowest BCUT2D eigenvalue weighted by Gasteiger charge is -2.05. The number of halogens is 1. The fourth-order valence-corrected chi connectivity index (χ4v) is 1.94. The summed E-state index contributed by atoms with van der Waals surface area (Å²) in [6, 6.07) is 8.49. The van der Waals surface area contributed by atoms with Gasteiger partial charge in [-0.15, -0.1) is 0 Å². The van der Waals surface area contributed by atoms with Gasteiger partial charge in [-0.1, -0.05) is 28.1 Å². The van der Waals surface area contributed by atoms with Gasteiger partial charge in [0.2, 0.25) is 0 Å². The fraction of sp³-hybridized carbons (Fsp3) is 0.154. The number of hydrogen-bond acceptors (Lipinski definition) is 3. The molecular weight excluding hydrogens is 296 g/mol. The summed E-state index contributed by atoms with van der Waals surface area (Å²) in [6.45, 7) is 1.74. The molecule has 0 spiro atoms. The first kappa shape index (κ1) is 12.7. The summed E-state index contributed by atoms with van der Waals surface area (Å²) >= 11 is 3.31. The van der Waals surface area contributed by atoms with E-state index in [1.165, 1.54) is 17.0 Å². The summed E-state index contributed by atoms with van der Waals surface area (Å²) in [4.78, 5) is 27.6. The van der Waals surface area contributed by atoms with Crippen LogP contribution in [0.5, 0.6) is 0 Å². The third kappa shape index (κ3) is 2.92. The van der Waals surface area contributed by atoms with Crippen LogP contribution in [0.15, 0.2) is 45.9 Å². The zero-order valence-electron chi connectivity index (χ0n) is 9.76. The second kappa shape index (κ2) is 5.27. The lowest BCUT2D eigenvalue weighted by Crippen LogP contribution is -2.24. The van der Waals surface area contributed by atoms with Gasteiger partial charge < -0.3 is 0 Å². The number of hydrogen-bond donors (Lipinski definition) is 0. The molecule has 2 aromatic rings. The number of carbonyl (C=O) groups excluding carboxylic acids is 1. The zero-order chi connectivity index (χ0) is 13.1. The van der Waals surface area contributed by atoms with E-state index in [2.05, 4.69) is 20.9 Å². The second-order valence-corrected chi connectivity index (χ2v) is 4.85. The van der Waals surface area contributed by atoms with Gasteiger partial charge in [-0.05, 0) is 19.1 Å². The highest BCUT2D eigenvalue weighted by molar-refractivity contribution is 9.10. The largest absolute Gasteiger partial charge is 0.292 e. The van der Waals surface area contributed by atoms with E-state index in [-0.39, 0.29) is 17.9 Å². The Morgan fingerprint density at radius 2 is 2.17 bits per heavy atom. The number of aromatic nitrogens is 2. The molecule has 0 aliphatic rings. The maximum absolute atomic E-state index is 12.0. The summed E-state index contributed by atoms with van der Waals surface area (Å²) in [6.07, 6.45) is 1.40. The van der Waals surface area contributed by atoms with Crippen molar-refractivity contribution in [1.82, 2.24) is 9.55 Å². The zero-order valence-corrected chi connectivity index (χ0v) is 11.3. The maximum atomic E-state index is 12.0. The standard InChI is InChI=1S/C13H11BrN2O2/c1-9-5-13(18)16(8-15-9)7-12(17)10-3-2-4-11(14)6-10/h2-6,8H,7H2,1H3. The van der Waals surface area contributed by atoms with E-state index < -0.39 is 0 Å². The van der Waals surface area contributed by atoms with Gasteiger partial charge in [-0.3, -0.25) is 14.2 Å². The van der Waals surface area contributed by atoms with E-state index in [1.54, 1.807) is 25.1 Å². The van der Waals surface area contributed by atoms with E-state index in [0.29, 0.717) is 11.3 Å². The van der Waals surface area contributed by atoms with Gasteiger partial charge in [0.25, 0.3) is 5.56 Å². The van der Waals surface area contributed by atoms with Crippen LogP contribution in [0.4, 0.5) is 0 Å². The van der Waals surface area contributed by atoms with Crippen molar-refractivity contribution in [2.24, 2.45) is 0 Å². The van der Waals surface area contributed by atoms with Gasteiger partial charge in [0.1, 0.15) is 0 Å². The van der Waals surface area contributed by atoms with Gasteiger partial charge in [0.15, 0.2) is 5.78 Å². The molecule has 0 fully saturated rings. The van der Waals surface area contributed by atoms with Crippen LogP contribution in [0.3, 0.4) is 0 Å². The highest BCUT2D eigenvalue weighted by Gasteiger charge is 2.08. The average Bonchev–Trinajstić information content (AvgIpc) is 2.32. The Bertz CT molecular complexity index is 649. The molecule has 0 bridgehead atoms. The van der Waals surface area contributed by atoms with E-state index >= 15 is 0 Å². The molecule has 0 saturated heterocycles. The van der Waals surface area contributed by atoms with Crippen LogP contribution >= 0.6 is 15.9 Å². The van der Waals surface area contributed by atoms with Crippen LogP contribution < -0.4 is 5.56 Å². The number of benzene rings is 1. The first-order valence-corrected chi connectivity index (χ1v) is 6.17. The summed E-state index contributed by atoms with van der Waals surface area (Å²) in [5, 5.41) is 0. The van der Waals surface area contributed by atoms with Crippen molar-refractivity contribution < 1.29 is 4.79 Å². The van der Waals surface area contributed by atoms with Crippen molar-refractivity contribution in [3.8, 4) is 0 Å². The van der Waals surface area contributed by atoms with Crippen molar-refractivity contribution in [3.05, 3.63) is 62.7 Å². The smallest absolute Gasteiger partial charge is 0.253 e. The normalized spacial score (nSPS) is 10.3. The quantitative estimate of drug-likeness (QED) is 0.817. The molecule has 1 heterocycles. The Morgan fingerprint density at radius 3 is 2.83 bits per heavy atom. The Hall–Kier alpha value is -1.75. The summed E-state index contributed by atoms with van der Waals surface area (Å²) < 4.78 is 2.14. The molecule has 5 heteroatoms. The number of ketones is 1. The van der Waals surface area contributed by atoms with Crippen molar-refractivity contribution in [2.75, 3.05) is 0 Å². The van der Waals surface area contributed by atoms with Crippen LogP contribution in [-0.4, -0.2) is 15.3 Å². The van der Waals surface area contributed by atoms with Gasteiger partial charge in [-0.2, -0.15) is 0 Å². The third-order valence-corrected chi connectivity index (χ3v) is 2.97. The molecule has 1 aromatic carbocycles. The number of aryl methyl sites for hydroxylation is 1. The predicted molar refractivity (Wildman–Crippen MR) is 71.7 cm³/mol. The van der Waals surface area contributed by atoms with Crippen LogP contribution in [0.2, 0.25) is 0 Å². The van der Waals surface area contributed by atoms with Gasteiger partial charge >= 0.3 is 0 Å². The van der Waals surface area contributed by atoms with E-state index in [9.17, 15) is 9.59 Å². The Labute approximate surface area is 112 Å². The highest BCUT2D eigenvalue weighted by atomic mass is 79.9. The van der Waals surface area contributed by atoms with E-state index in [1.807, 2.05) is 6.07 Å². The van der Waals surface area contributed by atoms with Crippen LogP contribution in [0.1, 0.15) is 16.1 Å². The lowest BCUT2D eigenvalue weighted by molar-refractivity contribution is 0.0970. The minimum absolute atomic E-state index is 0.00255. The number of carbonyl (C=O) groups is 1. The van der Waals surface area contributed by atoms with Crippen molar-refractivity contribution >= 4 is 21.7 Å². The van der Waals surface area contributed by atoms with Gasteiger partial charge in [-0.25, -0.2) is 4.98 Å². The lowest BCUT2D eigenvalue weighted by atomic mass is 10.1. The van der Waals surface area contributed by atoms with Crippen LogP contribution in [0, 0.1) is 6.92 Å². The maximum Gasteiger partial charge on any atom is 0.253 e. The molecule has 2 rings (SSSR count). The molecule has 1 aromatic heterocycles. The summed E-state index contributed by atoms with van der Waals surface area (Å²) in [5.74, 6) is -0.121. The third-order valence-electron chi connectivity index (χ3n) is 2.48. The van der Waals surface area contributed by atoms with Crippen LogP contribution in [0.25, 0.3) is 0 Å². The second-order valence-electron chi connectivity index (χ2n) is 3.93. The minimum Gasteiger partial charge on any atom is -0.292 e. The molecule has 0 atom stereocenters.